The molecule has 4 nitrogen and oxygen atoms in total. The van der Waals surface area contributed by atoms with Gasteiger partial charge in [0.15, 0.2) is 0 Å². The summed E-state index contributed by atoms with van der Waals surface area (Å²) in [5.74, 6) is 1.31. The van der Waals surface area contributed by atoms with E-state index in [0.717, 1.165) is 24.1 Å². The van der Waals surface area contributed by atoms with Gasteiger partial charge in [0.2, 0.25) is 11.8 Å². The van der Waals surface area contributed by atoms with Gasteiger partial charge in [-0.15, -0.1) is 0 Å². The first-order valence-electron chi connectivity index (χ1n) is 8.97. The van der Waals surface area contributed by atoms with Crippen molar-refractivity contribution in [1.82, 2.24) is 9.88 Å². The van der Waals surface area contributed by atoms with Crippen molar-refractivity contribution in [3.05, 3.63) is 59.3 Å². The molecule has 1 unspecified atom stereocenters. The maximum absolute atomic E-state index is 12.5. The number of benzene rings is 1. The molecule has 1 aliphatic heterocycles. The van der Waals surface area contributed by atoms with E-state index in [9.17, 15) is 4.79 Å². The minimum absolute atomic E-state index is 0.0301. The van der Waals surface area contributed by atoms with E-state index < -0.39 is 0 Å². The highest BCUT2D eigenvalue weighted by molar-refractivity contribution is 5.79. The summed E-state index contributed by atoms with van der Waals surface area (Å²) in [6.45, 7) is 7.74. The number of pyridine rings is 1. The fourth-order valence-electron chi connectivity index (χ4n) is 3.05. The van der Waals surface area contributed by atoms with Crippen LogP contribution in [0.2, 0.25) is 0 Å². The molecule has 1 aromatic carbocycles. The highest BCUT2D eigenvalue weighted by Crippen LogP contribution is 2.19. The number of aryl methyl sites for hydroxylation is 1. The van der Waals surface area contributed by atoms with Crippen LogP contribution in [0.5, 0.6) is 5.88 Å². The standard InChI is InChI=1S/C21H26N2O2/c1-15(2)18-7-5-17(6-8-18)12-21(24)23-11-10-19(14-23)25-20-9-4-16(3)13-22-20/h4-9,13,15,19H,10-12,14H2,1-3H3. The predicted octanol–water partition coefficient (Wildman–Crippen LogP) is 3.74. The Labute approximate surface area is 149 Å². The Hall–Kier alpha value is -2.36. The van der Waals surface area contributed by atoms with Crippen LogP contribution >= 0.6 is 0 Å². The lowest BCUT2D eigenvalue weighted by molar-refractivity contribution is -0.129. The SMILES string of the molecule is Cc1ccc(OC2CCN(C(=O)Cc3ccc(C(C)C)cc3)C2)nc1. The van der Waals surface area contributed by atoms with Crippen LogP contribution in [0.4, 0.5) is 0 Å². The van der Waals surface area contributed by atoms with Crippen LogP contribution in [0.15, 0.2) is 42.6 Å². The number of carbonyl (C=O) groups excluding carboxylic acids is 1. The molecule has 1 fully saturated rings. The molecule has 1 aromatic heterocycles. The first-order valence-corrected chi connectivity index (χ1v) is 8.97. The van der Waals surface area contributed by atoms with Gasteiger partial charge < -0.3 is 9.64 Å². The van der Waals surface area contributed by atoms with Gasteiger partial charge in [-0.1, -0.05) is 44.2 Å². The van der Waals surface area contributed by atoms with Crippen molar-refractivity contribution < 1.29 is 9.53 Å². The molecular formula is C21H26N2O2. The monoisotopic (exact) mass is 338 g/mol. The van der Waals surface area contributed by atoms with Crippen molar-refractivity contribution in [2.75, 3.05) is 13.1 Å². The smallest absolute Gasteiger partial charge is 0.227 e. The quantitative estimate of drug-likeness (QED) is 0.834. The second kappa shape index (κ2) is 7.68. The molecule has 2 heterocycles. The molecule has 2 aromatic rings. The van der Waals surface area contributed by atoms with E-state index in [1.807, 2.05) is 24.0 Å². The topological polar surface area (TPSA) is 42.4 Å². The predicted molar refractivity (Wildman–Crippen MR) is 98.8 cm³/mol. The van der Waals surface area contributed by atoms with Gasteiger partial charge in [0, 0.05) is 25.2 Å². The molecule has 0 aliphatic carbocycles. The summed E-state index contributed by atoms with van der Waals surface area (Å²) in [6, 6.07) is 12.2. The van der Waals surface area contributed by atoms with Gasteiger partial charge in [-0.05, 0) is 29.5 Å². The number of nitrogens with zero attached hydrogens (tertiary/aromatic N) is 2. The van der Waals surface area contributed by atoms with E-state index in [-0.39, 0.29) is 12.0 Å². The molecular weight excluding hydrogens is 312 g/mol. The zero-order valence-electron chi connectivity index (χ0n) is 15.2. The van der Waals surface area contributed by atoms with Crippen molar-refractivity contribution in [3.8, 4) is 5.88 Å². The summed E-state index contributed by atoms with van der Waals surface area (Å²) in [5.41, 5.74) is 3.48. The Morgan fingerprint density at radius 2 is 2.00 bits per heavy atom. The van der Waals surface area contributed by atoms with Gasteiger partial charge in [-0.2, -0.15) is 0 Å². The van der Waals surface area contributed by atoms with Crippen LogP contribution in [0, 0.1) is 6.92 Å². The number of likely N-dealkylation sites (tertiary alicyclic amines) is 1. The van der Waals surface area contributed by atoms with E-state index in [1.165, 1.54) is 5.56 Å². The largest absolute Gasteiger partial charge is 0.472 e. The second-order valence-corrected chi connectivity index (χ2v) is 7.12. The van der Waals surface area contributed by atoms with Gasteiger partial charge >= 0.3 is 0 Å². The molecule has 0 bridgehead atoms. The summed E-state index contributed by atoms with van der Waals surface area (Å²) in [5, 5.41) is 0. The number of amides is 1. The van der Waals surface area contributed by atoms with Crippen LogP contribution in [-0.2, 0) is 11.2 Å². The third-order valence-corrected chi connectivity index (χ3v) is 4.67. The molecule has 1 aliphatic rings. The average molecular weight is 338 g/mol. The van der Waals surface area contributed by atoms with Crippen molar-refractivity contribution >= 4 is 5.91 Å². The minimum Gasteiger partial charge on any atom is -0.472 e. The number of ether oxygens (including phenoxy) is 1. The molecule has 4 heteroatoms. The first kappa shape index (κ1) is 17.5. The molecule has 1 saturated heterocycles. The maximum Gasteiger partial charge on any atom is 0.227 e. The summed E-state index contributed by atoms with van der Waals surface area (Å²) >= 11 is 0. The van der Waals surface area contributed by atoms with Gasteiger partial charge in [-0.3, -0.25) is 4.79 Å². The Kier molecular flexibility index (Phi) is 5.37. The van der Waals surface area contributed by atoms with Crippen LogP contribution in [0.3, 0.4) is 0 Å². The van der Waals surface area contributed by atoms with Crippen LogP contribution in [0.25, 0.3) is 0 Å². The van der Waals surface area contributed by atoms with E-state index in [1.54, 1.807) is 6.20 Å². The van der Waals surface area contributed by atoms with Gasteiger partial charge in [0.1, 0.15) is 6.10 Å². The normalized spacial score (nSPS) is 17.1. The number of carbonyl (C=O) groups is 1. The zero-order chi connectivity index (χ0) is 17.8. The van der Waals surface area contributed by atoms with Gasteiger partial charge in [-0.25, -0.2) is 4.98 Å². The lowest BCUT2D eigenvalue weighted by Crippen LogP contribution is -2.32. The average Bonchev–Trinajstić information content (AvgIpc) is 3.06. The molecule has 0 saturated carbocycles. The zero-order valence-corrected chi connectivity index (χ0v) is 15.2. The van der Waals surface area contributed by atoms with E-state index >= 15 is 0 Å². The van der Waals surface area contributed by atoms with Crippen LogP contribution in [0.1, 0.15) is 42.9 Å². The minimum atomic E-state index is 0.0301. The van der Waals surface area contributed by atoms with Crippen LogP contribution in [-0.4, -0.2) is 35.0 Å². The van der Waals surface area contributed by atoms with E-state index in [0.29, 0.717) is 24.8 Å². The molecule has 0 spiro atoms. The Morgan fingerprint density at radius 3 is 2.64 bits per heavy atom. The number of hydrogen-bond donors (Lipinski definition) is 0. The highest BCUT2D eigenvalue weighted by atomic mass is 16.5. The highest BCUT2D eigenvalue weighted by Gasteiger charge is 2.27. The molecule has 3 rings (SSSR count). The van der Waals surface area contributed by atoms with Crippen molar-refractivity contribution in [2.45, 2.75) is 45.6 Å². The summed E-state index contributed by atoms with van der Waals surface area (Å²) in [7, 11) is 0. The third-order valence-electron chi connectivity index (χ3n) is 4.67. The van der Waals surface area contributed by atoms with Crippen molar-refractivity contribution in [3.63, 3.8) is 0 Å². The molecule has 1 atom stereocenters. The van der Waals surface area contributed by atoms with Crippen molar-refractivity contribution in [2.24, 2.45) is 0 Å². The molecule has 1 amide bonds. The number of hydrogen-bond acceptors (Lipinski definition) is 3. The summed E-state index contributed by atoms with van der Waals surface area (Å²) < 4.78 is 5.90. The Morgan fingerprint density at radius 1 is 1.24 bits per heavy atom. The fourth-order valence-corrected chi connectivity index (χ4v) is 3.05. The number of aromatic nitrogens is 1. The maximum atomic E-state index is 12.5. The molecule has 0 radical (unpaired) electrons. The Bertz CT molecular complexity index is 708. The third kappa shape index (κ3) is 4.59. The lowest BCUT2D eigenvalue weighted by Gasteiger charge is -2.17. The molecule has 132 valence electrons. The summed E-state index contributed by atoms with van der Waals surface area (Å²) in [6.07, 6.45) is 3.14. The first-order chi connectivity index (χ1) is 12.0. The van der Waals surface area contributed by atoms with Gasteiger partial charge in [0.25, 0.3) is 0 Å². The van der Waals surface area contributed by atoms with E-state index in [4.69, 9.17) is 4.74 Å². The summed E-state index contributed by atoms with van der Waals surface area (Å²) in [4.78, 5) is 18.7. The molecule has 0 N–H and O–H groups in total. The van der Waals surface area contributed by atoms with Crippen LogP contribution < -0.4 is 4.74 Å². The van der Waals surface area contributed by atoms with Gasteiger partial charge in [0.05, 0.1) is 13.0 Å². The Balaban J connectivity index is 1.52. The lowest BCUT2D eigenvalue weighted by atomic mass is 10.0. The fraction of sp³-hybridized carbons (Fsp3) is 0.429. The number of rotatable bonds is 5. The van der Waals surface area contributed by atoms with E-state index in [2.05, 4.69) is 43.1 Å². The second-order valence-electron chi connectivity index (χ2n) is 7.12. The molecule has 25 heavy (non-hydrogen) atoms. The van der Waals surface area contributed by atoms with Crippen molar-refractivity contribution in [1.29, 1.82) is 0 Å².